The fraction of sp³-hybridized carbons (Fsp3) is 0. The van der Waals surface area contributed by atoms with E-state index in [1.54, 1.807) is 0 Å². The van der Waals surface area contributed by atoms with E-state index in [0.717, 1.165) is 17.1 Å². The van der Waals surface area contributed by atoms with Gasteiger partial charge in [0, 0.05) is 0 Å². The van der Waals surface area contributed by atoms with Crippen molar-refractivity contribution in [3.63, 3.8) is 0 Å². The van der Waals surface area contributed by atoms with Crippen LogP contribution in [0.2, 0.25) is 0 Å². The van der Waals surface area contributed by atoms with Crippen molar-refractivity contribution in [2.24, 2.45) is 0 Å². The van der Waals surface area contributed by atoms with Crippen LogP contribution in [0.3, 0.4) is 0 Å². The lowest BCUT2D eigenvalue weighted by Gasteiger charge is -2.07. The normalized spacial score (nSPS) is 9.79. The molecule has 0 aromatic heterocycles. The van der Waals surface area contributed by atoms with E-state index in [2.05, 4.69) is 6.92 Å². The first-order chi connectivity index (χ1) is 6.86. The van der Waals surface area contributed by atoms with Crippen LogP contribution in [0, 0.1) is 6.92 Å². The van der Waals surface area contributed by atoms with Gasteiger partial charge in [-0.2, -0.15) is 0 Å². The van der Waals surface area contributed by atoms with Crippen molar-refractivity contribution in [3.05, 3.63) is 67.1 Å². The van der Waals surface area contributed by atoms with Gasteiger partial charge in [-0.3, -0.25) is 0 Å². The number of hydrogen-bond donors (Lipinski definition) is 0. The summed E-state index contributed by atoms with van der Waals surface area (Å²) < 4.78 is 5.65. The summed E-state index contributed by atoms with van der Waals surface area (Å²) in [6.07, 6.45) is 0. The molecule has 14 heavy (non-hydrogen) atoms. The van der Waals surface area contributed by atoms with Gasteiger partial charge in [-0.1, -0.05) is 36.4 Å². The summed E-state index contributed by atoms with van der Waals surface area (Å²) in [5, 5.41) is 0. The Morgan fingerprint density at radius 2 is 1.43 bits per heavy atom. The molecule has 69 valence electrons. The predicted molar refractivity (Wildman–Crippen MR) is 57.4 cm³/mol. The Kier molecular flexibility index (Phi) is 2.50. The highest BCUT2D eigenvalue weighted by molar-refractivity contribution is 5.39. The summed E-state index contributed by atoms with van der Waals surface area (Å²) in [5.74, 6) is 1.64. The van der Waals surface area contributed by atoms with Crippen LogP contribution in [-0.4, -0.2) is 0 Å². The third-order valence-corrected chi connectivity index (χ3v) is 1.94. The molecule has 0 saturated heterocycles. The van der Waals surface area contributed by atoms with Gasteiger partial charge < -0.3 is 4.74 Å². The van der Waals surface area contributed by atoms with E-state index in [1.807, 2.05) is 54.6 Å². The zero-order valence-electron chi connectivity index (χ0n) is 7.81. The molecule has 0 aliphatic heterocycles. The van der Waals surface area contributed by atoms with Gasteiger partial charge in [-0.15, -0.1) is 0 Å². The first kappa shape index (κ1) is 8.82. The van der Waals surface area contributed by atoms with Crippen molar-refractivity contribution in [1.82, 2.24) is 0 Å². The molecular formula is C13H11O. The molecule has 0 aliphatic rings. The minimum absolute atomic E-state index is 0.804. The summed E-state index contributed by atoms with van der Waals surface area (Å²) in [5.41, 5.74) is 0.899. The van der Waals surface area contributed by atoms with Crippen LogP contribution in [0.4, 0.5) is 0 Å². The summed E-state index contributed by atoms with van der Waals surface area (Å²) in [6.45, 7) is 3.89. The molecule has 0 unspecified atom stereocenters. The Morgan fingerprint density at radius 1 is 0.786 bits per heavy atom. The maximum Gasteiger partial charge on any atom is 0.130 e. The second kappa shape index (κ2) is 3.97. The van der Waals surface area contributed by atoms with Crippen molar-refractivity contribution >= 4 is 0 Å². The molecule has 1 heteroatoms. The van der Waals surface area contributed by atoms with E-state index in [1.165, 1.54) is 0 Å². The zero-order chi connectivity index (χ0) is 9.80. The molecule has 0 amide bonds. The van der Waals surface area contributed by atoms with E-state index < -0.39 is 0 Å². The minimum atomic E-state index is 0.804. The van der Waals surface area contributed by atoms with Gasteiger partial charge in [-0.25, -0.2) is 0 Å². The molecule has 0 bridgehead atoms. The fourth-order valence-corrected chi connectivity index (χ4v) is 1.22. The maximum atomic E-state index is 5.65. The smallest absolute Gasteiger partial charge is 0.130 e. The van der Waals surface area contributed by atoms with E-state index in [-0.39, 0.29) is 0 Å². The highest BCUT2D eigenvalue weighted by Crippen LogP contribution is 2.23. The van der Waals surface area contributed by atoms with Gasteiger partial charge in [0.05, 0.1) is 0 Å². The zero-order valence-corrected chi connectivity index (χ0v) is 7.81. The third-order valence-electron chi connectivity index (χ3n) is 1.94. The first-order valence-corrected chi connectivity index (χ1v) is 4.50. The van der Waals surface area contributed by atoms with E-state index >= 15 is 0 Å². The van der Waals surface area contributed by atoms with Crippen LogP contribution >= 0.6 is 0 Å². The molecule has 0 fully saturated rings. The SMILES string of the molecule is [CH2]c1ccccc1Oc1ccccc1. The molecule has 0 spiro atoms. The molecule has 2 rings (SSSR count). The standard InChI is InChI=1S/C13H11O/c1-11-7-5-6-10-13(11)14-12-8-3-2-4-9-12/h2-10H,1H2. The van der Waals surface area contributed by atoms with E-state index in [9.17, 15) is 0 Å². The second-order valence-electron chi connectivity index (χ2n) is 3.02. The molecule has 2 aromatic rings. The predicted octanol–water partition coefficient (Wildman–Crippen LogP) is 3.66. The lowest BCUT2D eigenvalue weighted by atomic mass is 10.2. The molecule has 0 N–H and O–H groups in total. The maximum absolute atomic E-state index is 5.65. The largest absolute Gasteiger partial charge is 0.457 e. The van der Waals surface area contributed by atoms with Gasteiger partial charge in [0.25, 0.3) is 0 Å². The highest BCUT2D eigenvalue weighted by Gasteiger charge is 1.98. The Balaban J connectivity index is 2.24. The van der Waals surface area contributed by atoms with Crippen LogP contribution in [0.1, 0.15) is 5.56 Å². The molecule has 0 saturated carbocycles. The quantitative estimate of drug-likeness (QED) is 0.690. The second-order valence-corrected chi connectivity index (χ2v) is 3.02. The van der Waals surface area contributed by atoms with Crippen LogP contribution in [-0.2, 0) is 0 Å². The Hall–Kier alpha value is -1.76. The van der Waals surface area contributed by atoms with Crippen LogP contribution in [0.25, 0.3) is 0 Å². The molecule has 2 aromatic carbocycles. The monoisotopic (exact) mass is 183 g/mol. The van der Waals surface area contributed by atoms with Crippen molar-refractivity contribution < 1.29 is 4.74 Å². The molecule has 0 heterocycles. The average molecular weight is 183 g/mol. The summed E-state index contributed by atoms with van der Waals surface area (Å²) in [6, 6.07) is 17.4. The van der Waals surface area contributed by atoms with Crippen molar-refractivity contribution in [1.29, 1.82) is 0 Å². The Morgan fingerprint density at radius 3 is 2.14 bits per heavy atom. The number of rotatable bonds is 2. The Bertz CT molecular complexity index is 407. The van der Waals surface area contributed by atoms with Crippen molar-refractivity contribution in [3.8, 4) is 11.5 Å². The van der Waals surface area contributed by atoms with E-state index in [0.29, 0.717) is 0 Å². The molecular weight excluding hydrogens is 172 g/mol. The summed E-state index contributed by atoms with van der Waals surface area (Å²) in [4.78, 5) is 0. The molecule has 0 atom stereocenters. The number of benzene rings is 2. The minimum Gasteiger partial charge on any atom is -0.457 e. The summed E-state index contributed by atoms with van der Waals surface area (Å²) >= 11 is 0. The van der Waals surface area contributed by atoms with Gasteiger partial charge in [0.15, 0.2) is 0 Å². The highest BCUT2D eigenvalue weighted by atomic mass is 16.5. The van der Waals surface area contributed by atoms with Crippen LogP contribution < -0.4 is 4.74 Å². The van der Waals surface area contributed by atoms with E-state index in [4.69, 9.17) is 4.74 Å². The molecule has 1 nitrogen and oxygen atoms in total. The average Bonchev–Trinajstić information content (AvgIpc) is 2.23. The van der Waals surface area contributed by atoms with Gasteiger partial charge >= 0.3 is 0 Å². The summed E-state index contributed by atoms with van der Waals surface area (Å²) in [7, 11) is 0. The van der Waals surface area contributed by atoms with Crippen molar-refractivity contribution in [2.75, 3.05) is 0 Å². The molecule has 0 aliphatic carbocycles. The van der Waals surface area contributed by atoms with Gasteiger partial charge in [0.1, 0.15) is 11.5 Å². The fourth-order valence-electron chi connectivity index (χ4n) is 1.22. The topological polar surface area (TPSA) is 9.23 Å². The third kappa shape index (κ3) is 1.94. The van der Waals surface area contributed by atoms with Gasteiger partial charge in [-0.05, 0) is 30.7 Å². The Labute approximate surface area is 84.0 Å². The lowest BCUT2D eigenvalue weighted by molar-refractivity contribution is 0.480. The van der Waals surface area contributed by atoms with Gasteiger partial charge in [0.2, 0.25) is 0 Å². The number of ether oxygens (including phenoxy) is 1. The first-order valence-electron chi connectivity index (χ1n) is 4.50. The number of para-hydroxylation sites is 2. The van der Waals surface area contributed by atoms with Crippen molar-refractivity contribution in [2.45, 2.75) is 0 Å². The van der Waals surface area contributed by atoms with Crippen LogP contribution in [0.5, 0.6) is 11.5 Å². The molecule has 1 radical (unpaired) electrons. The number of hydrogen-bond acceptors (Lipinski definition) is 1. The van der Waals surface area contributed by atoms with Crippen LogP contribution in [0.15, 0.2) is 54.6 Å². The lowest BCUT2D eigenvalue weighted by Crippen LogP contribution is -1.85.